The van der Waals surface area contributed by atoms with Crippen LogP contribution in [0, 0.1) is 0 Å². The molecule has 3 heterocycles. The summed E-state index contributed by atoms with van der Waals surface area (Å²) in [6, 6.07) is 6.28. The number of hydrogen-bond donors (Lipinski definition) is 2. The van der Waals surface area contributed by atoms with E-state index in [9.17, 15) is 9.90 Å². The molecule has 160 valence electrons. The fourth-order valence-electron chi connectivity index (χ4n) is 4.57. The molecule has 2 N–H and O–H groups in total. The minimum absolute atomic E-state index is 0. The van der Waals surface area contributed by atoms with Crippen LogP contribution in [0.4, 0.5) is 5.82 Å². The van der Waals surface area contributed by atoms with Crippen molar-refractivity contribution in [2.24, 2.45) is 0 Å². The number of aromatic nitrogens is 2. The molecule has 1 saturated carbocycles. The zero-order valence-corrected chi connectivity index (χ0v) is 18.2. The fraction of sp³-hybridized carbons (Fsp3) is 0.476. The molecule has 7 nitrogen and oxygen atoms in total. The lowest BCUT2D eigenvalue weighted by Gasteiger charge is -2.39. The predicted octanol–water partition coefficient (Wildman–Crippen LogP) is 4.02. The van der Waals surface area contributed by atoms with Crippen LogP contribution >= 0.6 is 23.7 Å². The molecular weight excluding hydrogens is 424 g/mol. The number of nitrogens with zero attached hydrogens (tertiary/aromatic N) is 3. The second-order valence-corrected chi connectivity index (χ2v) is 8.85. The van der Waals surface area contributed by atoms with Gasteiger partial charge in [0.25, 0.3) is 0 Å². The van der Waals surface area contributed by atoms with Crippen molar-refractivity contribution in [2.45, 2.75) is 37.8 Å². The van der Waals surface area contributed by atoms with E-state index < -0.39 is 5.97 Å². The van der Waals surface area contributed by atoms with Crippen molar-refractivity contribution in [3.63, 3.8) is 0 Å². The molecule has 1 aromatic carbocycles. The number of carboxylic acids is 1. The van der Waals surface area contributed by atoms with Crippen LogP contribution in [0.25, 0.3) is 20.3 Å². The van der Waals surface area contributed by atoms with Crippen molar-refractivity contribution >= 4 is 55.8 Å². The van der Waals surface area contributed by atoms with Gasteiger partial charge in [-0.1, -0.05) is 0 Å². The third kappa shape index (κ3) is 4.09. The number of fused-ring (bicyclic) bond motifs is 3. The third-order valence-corrected chi connectivity index (χ3v) is 7.19. The lowest BCUT2D eigenvalue weighted by Crippen LogP contribution is -2.46. The number of hydrogen-bond acceptors (Lipinski definition) is 7. The largest absolute Gasteiger partial charge is 0.478 e. The summed E-state index contributed by atoms with van der Waals surface area (Å²) in [6.07, 6.45) is 6.17. The van der Waals surface area contributed by atoms with E-state index in [0.29, 0.717) is 12.1 Å². The SMILES string of the molecule is Cl.O=C(O)c1ccc2sc3ncnc(N[C@H]4CC[C@H](N5CCOCC5)CC4)c3c2c1. The molecule has 0 atom stereocenters. The molecule has 9 heteroatoms. The molecule has 0 spiro atoms. The van der Waals surface area contributed by atoms with Gasteiger partial charge in [0.1, 0.15) is 17.0 Å². The minimum Gasteiger partial charge on any atom is -0.478 e. The fourth-order valence-corrected chi connectivity index (χ4v) is 5.60. The van der Waals surface area contributed by atoms with Gasteiger partial charge < -0.3 is 15.2 Å². The zero-order valence-electron chi connectivity index (χ0n) is 16.5. The first-order valence-electron chi connectivity index (χ1n) is 10.2. The number of rotatable bonds is 4. The van der Waals surface area contributed by atoms with Gasteiger partial charge in [0.2, 0.25) is 0 Å². The summed E-state index contributed by atoms with van der Waals surface area (Å²) in [5, 5.41) is 14.8. The molecule has 2 aliphatic rings. The molecule has 1 aliphatic carbocycles. The van der Waals surface area contributed by atoms with Crippen molar-refractivity contribution in [2.75, 3.05) is 31.6 Å². The van der Waals surface area contributed by atoms with Crippen molar-refractivity contribution in [3.05, 3.63) is 30.1 Å². The Labute approximate surface area is 184 Å². The van der Waals surface area contributed by atoms with Crippen molar-refractivity contribution < 1.29 is 14.6 Å². The summed E-state index contributed by atoms with van der Waals surface area (Å²) < 4.78 is 6.51. The van der Waals surface area contributed by atoms with Crippen LogP contribution in [-0.4, -0.2) is 64.3 Å². The van der Waals surface area contributed by atoms with E-state index in [4.69, 9.17) is 4.74 Å². The van der Waals surface area contributed by atoms with Crippen LogP contribution in [0.2, 0.25) is 0 Å². The zero-order chi connectivity index (χ0) is 19.8. The van der Waals surface area contributed by atoms with Gasteiger partial charge in [0.15, 0.2) is 0 Å². The number of nitrogens with one attached hydrogen (secondary N) is 1. The maximum atomic E-state index is 11.4. The number of halogens is 1. The highest BCUT2D eigenvalue weighted by Crippen LogP contribution is 2.37. The second kappa shape index (κ2) is 9.01. The average molecular weight is 449 g/mol. The summed E-state index contributed by atoms with van der Waals surface area (Å²) >= 11 is 1.57. The summed E-state index contributed by atoms with van der Waals surface area (Å²) in [5.74, 6) is -0.0994. The number of morpholine rings is 1. The highest BCUT2D eigenvalue weighted by molar-refractivity contribution is 7.25. The summed E-state index contributed by atoms with van der Waals surface area (Å²) in [4.78, 5) is 23.8. The molecule has 30 heavy (non-hydrogen) atoms. The molecule has 1 saturated heterocycles. The Hall–Kier alpha value is -2.00. The summed E-state index contributed by atoms with van der Waals surface area (Å²) in [7, 11) is 0. The Morgan fingerprint density at radius 2 is 1.93 bits per heavy atom. The normalized spacial score (nSPS) is 22.7. The van der Waals surface area contributed by atoms with Crippen LogP contribution in [0.3, 0.4) is 0 Å². The molecule has 0 unspecified atom stereocenters. The first kappa shape index (κ1) is 21.2. The van der Waals surface area contributed by atoms with E-state index in [-0.39, 0.29) is 18.0 Å². The number of carbonyl (C=O) groups is 1. The Kier molecular flexibility index (Phi) is 6.38. The number of benzene rings is 1. The van der Waals surface area contributed by atoms with Gasteiger partial charge in [-0.2, -0.15) is 0 Å². The number of aromatic carboxylic acids is 1. The Morgan fingerprint density at radius 3 is 2.67 bits per heavy atom. The van der Waals surface area contributed by atoms with Gasteiger partial charge in [-0.05, 0) is 43.9 Å². The van der Waals surface area contributed by atoms with Crippen LogP contribution in [0.15, 0.2) is 24.5 Å². The molecule has 0 bridgehead atoms. The first-order chi connectivity index (χ1) is 14.2. The topological polar surface area (TPSA) is 87.6 Å². The average Bonchev–Trinajstić information content (AvgIpc) is 3.13. The molecule has 2 fully saturated rings. The Morgan fingerprint density at radius 1 is 1.17 bits per heavy atom. The lowest BCUT2D eigenvalue weighted by molar-refractivity contribution is 0.00791. The van der Waals surface area contributed by atoms with E-state index in [1.54, 1.807) is 29.8 Å². The number of anilines is 1. The van der Waals surface area contributed by atoms with Gasteiger partial charge in [-0.15, -0.1) is 23.7 Å². The highest BCUT2D eigenvalue weighted by Gasteiger charge is 2.27. The number of thiophene rings is 1. The van der Waals surface area contributed by atoms with Gasteiger partial charge in [0, 0.05) is 35.3 Å². The third-order valence-electron chi connectivity index (χ3n) is 6.11. The Balaban J connectivity index is 0.00000218. The second-order valence-electron chi connectivity index (χ2n) is 7.82. The first-order valence-corrected chi connectivity index (χ1v) is 11.0. The summed E-state index contributed by atoms with van der Waals surface area (Å²) in [5.41, 5.74) is 0.290. The van der Waals surface area contributed by atoms with Crippen molar-refractivity contribution in [1.29, 1.82) is 0 Å². The van der Waals surface area contributed by atoms with Gasteiger partial charge in [0.05, 0.1) is 24.2 Å². The summed E-state index contributed by atoms with van der Waals surface area (Å²) in [6.45, 7) is 3.78. The maximum absolute atomic E-state index is 11.4. The highest BCUT2D eigenvalue weighted by atomic mass is 35.5. The molecule has 1 aliphatic heterocycles. The monoisotopic (exact) mass is 448 g/mol. The number of carboxylic acid groups (broad SMARTS) is 1. The van der Waals surface area contributed by atoms with E-state index >= 15 is 0 Å². The van der Waals surface area contributed by atoms with Gasteiger partial charge in [-0.3, -0.25) is 4.90 Å². The molecule has 3 aromatic rings. The number of ether oxygens (including phenoxy) is 1. The standard InChI is InChI=1S/C21H24N4O3S.ClH/c26-21(27)13-1-6-17-16(11-13)18-19(22-12-23-20(18)29-17)24-14-2-4-15(5-3-14)25-7-9-28-10-8-25;/h1,6,11-12,14-15H,2-5,7-10H2,(H,26,27)(H,22,23,24);1H/t14-,15-;. The van der Waals surface area contributed by atoms with Crippen LogP contribution in [0.1, 0.15) is 36.0 Å². The van der Waals surface area contributed by atoms with E-state index in [2.05, 4.69) is 20.2 Å². The smallest absolute Gasteiger partial charge is 0.335 e. The molecular formula is C21H25ClN4O3S. The molecule has 5 rings (SSSR count). The quantitative estimate of drug-likeness (QED) is 0.623. The van der Waals surface area contributed by atoms with Crippen LogP contribution in [0.5, 0.6) is 0 Å². The maximum Gasteiger partial charge on any atom is 0.335 e. The van der Waals surface area contributed by atoms with Crippen molar-refractivity contribution in [1.82, 2.24) is 14.9 Å². The van der Waals surface area contributed by atoms with Crippen molar-refractivity contribution in [3.8, 4) is 0 Å². The molecule has 0 radical (unpaired) electrons. The molecule has 2 aromatic heterocycles. The van der Waals surface area contributed by atoms with E-state index in [1.165, 1.54) is 12.8 Å². The van der Waals surface area contributed by atoms with Gasteiger partial charge in [-0.25, -0.2) is 14.8 Å². The van der Waals surface area contributed by atoms with Gasteiger partial charge >= 0.3 is 5.97 Å². The predicted molar refractivity (Wildman–Crippen MR) is 121 cm³/mol. The Bertz CT molecular complexity index is 1050. The molecule has 0 amide bonds. The minimum atomic E-state index is -0.918. The van der Waals surface area contributed by atoms with E-state index in [0.717, 1.165) is 65.3 Å². The van der Waals surface area contributed by atoms with Crippen LogP contribution in [-0.2, 0) is 4.74 Å². The van der Waals surface area contributed by atoms with E-state index in [1.807, 2.05) is 6.07 Å². The lowest BCUT2D eigenvalue weighted by atomic mass is 9.90. The van der Waals surface area contributed by atoms with Crippen LogP contribution < -0.4 is 5.32 Å².